The van der Waals surface area contributed by atoms with E-state index >= 15 is 0 Å². The fraction of sp³-hybridized carbons (Fsp3) is 0.296. The molecule has 4 aromatic rings. The van der Waals surface area contributed by atoms with Gasteiger partial charge < -0.3 is 0 Å². The number of aromatic nitrogens is 1. The van der Waals surface area contributed by atoms with Gasteiger partial charge in [0.15, 0.2) is 5.69 Å². The number of benzene rings is 3. The molecule has 0 spiro atoms. The van der Waals surface area contributed by atoms with Gasteiger partial charge in [-0.2, -0.15) is 4.57 Å². The third-order valence-electron chi connectivity index (χ3n) is 6.63. The molecule has 0 radical (unpaired) electrons. The second-order valence-corrected chi connectivity index (χ2v) is 8.42. The molecule has 140 valence electrons. The van der Waals surface area contributed by atoms with Gasteiger partial charge >= 0.3 is 0 Å². The van der Waals surface area contributed by atoms with E-state index in [9.17, 15) is 0 Å². The Balaban J connectivity index is 1.80. The quantitative estimate of drug-likeness (QED) is 0.345. The van der Waals surface area contributed by atoms with Crippen LogP contribution in [0.1, 0.15) is 49.8 Å². The molecule has 1 fully saturated rings. The minimum absolute atomic E-state index is 0.657. The van der Waals surface area contributed by atoms with Gasteiger partial charge in [-0.15, -0.1) is 0 Å². The topological polar surface area (TPSA) is 3.88 Å². The first-order valence-corrected chi connectivity index (χ1v) is 10.5. The van der Waals surface area contributed by atoms with Crippen LogP contribution >= 0.6 is 0 Å². The third-order valence-corrected chi connectivity index (χ3v) is 6.63. The molecule has 0 amide bonds. The lowest BCUT2D eigenvalue weighted by Gasteiger charge is -2.14. The Hall–Kier alpha value is -2.67. The van der Waals surface area contributed by atoms with Crippen molar-refractivity contribution < 1.29 is 5.94 Å². The standard InChI is InChI=1S/C27H28N/c1-18-14-21-10-6-7-11-22(21)17-26(18)27-25-13-12-23(20-8-4-5-9-20)16-24(25)15-19(2)28(27)3/h6-7,10-17,20H,4-5,8-9H2,1-3H3/q+1/i15D. The summed E-state index contributed by atoms with van der Waals surface area (Å²) in [6.07, 6.45) is 5.24. The molecular weight excluding hydrogens is 338 g/mol. The lowest BCUT2D eigenvalue weighted by Crippen LogP contribution is -2.35. The number of pyridine rings is 1. The Kier molecular flexibility index (Phi) is 3.92. The molecule has 1 nitrogen and oxygen atoms in total. The van der Waals surface area contributed by atoms with Gasteiger partial charge in [-0.25, -0.2) is 0 Å². The van der Waals surface area contributed by atoms with E-state index in [4.69, 9.17) is 1.37 Å². The number of nitrogens with zero attached hydrogens (tertiary/aromatic N) is 1. The highest BCUT2D eigenvalue weighted by molar-refractivity contribution is 5.97. The maximum absolute atomic E-state index is 8.82. The van der Waals surface area contributed by atoms with Crippen LogP contribution in [-0.4, -0.2) is 0 Å². The fourth-order valence-corrected chi connectivity index (χ4v) is 4.95. The molecule has 1 saturated carbocycles. The van der Waals surface area contributed by atoms with Crippen LogP contribution in [0.5, 0.6) is 0 Å². The summed E-state index contributed by atoms with van der Waals surface area (Å²) in [5.74, 6) is 0.666. The minimum atomic E-state index is 0.657. The molecule has 3 aromatic carbocycles. The van der Waals surface area contributed by atoms with Crippen LogP contribution in [0, 0.1) is 13.8 Å². The molecular formula is C27H28N+. The molecule has 1 heterocycles. The fourth-order valence-electron chi connectivity index (χ4n) is 4.95. The monoisotopic (exact) mass is 367 g/mol. The van der Waals surface area contributed by atoms with Gasteiger partial charge in [0.2, 0.25) is 5.69 Å². The molecule has 0 atom stereocenters. The van der Waals surface area contributed by atoms with E-state index in [1.807, 2.05) is 0 Å². The van der Waals surface area contributed by atoms with Crippen molar-refractivity contribution in [2.75, 3.05) is 0 Å². The zero-order chi connectivity index (χ0) is 20.1. The van der Waals surface area contributed by atoms with E-state index in [1.54, 1.807) is 0 Å². The Morgan fingerprint density at radius 2 is 1.61 bits per heavy atom. The second-order valence-electron chi connectivity index (χ2n) is 8.42. The molecule has 5 rings (SSSR count). The molecule has 1 heteroatoms. The van der Waals surface area contributed by atoms with E-state index in [-0.39, 0.29) is 0 Å². The highest BCUT2D eigenvalue weighted by atomic mass is 14.9. The van der Waals surface area contributed by atoms with E-state index in [0.717, 1.165) is 11.1 Å². The highest BCUT2D eigenvalue weighted by Gasteiger charge is 2.22. The smallest absolute Gasteiger partial charge is 0.198 e. The zero-order valence-electron chi connectivity index (χ0n) is 18.0. The van der Waals surface area contributed by atoms with Gasteiger partial charge in [-0.3, -0.25) is 0 Å². The Morgan fingerprint density at radius 1 is 0.893 bits per heavy atom. The highest BCUT2D eigenvalue weighted by Crippen LogP contribution is 2.37. The van der Waals surface area contributed by atoms with E-state index in [1.165, 1.54) is 64.2 Å². The van der Waals surface area contributed by atoms with Crippen molar-refractivity contribution in [1.29, 1.82) is 0 Å². The number of hydrogen-bond donors (Lipinski definition) is 0. The summed E-state index contributed by atoms with van der Waals surface area (Å²) in [4.78, 5) is 0. The number of rotatable bonds is 2. The predicted molar refractivity (Wildman–Crippen MR) is 119 cm³/mol. The normalized spacial score (nSPS) is 15.5. The maximum atomic E-state index is 8.82. The molecule has 0 saturated heterocycles. The largest absolute Gasteiger partial charge is 0.220 e. The molecule has 1 aliphatic carbocycles. The summed E-state index contributed by atoms with van der Waals surface area (Å²) in [7, 11) is 2.10. The van der Waals surface area contributed by atoms with Crippen molar-refractivity contribution in [1.82, 2.24) is 0 Å². The van der Waals surface area contributed by atoms with Crippen molar-refractivity contribution >= 4 is 21.5 Å². The summed E-state index contributed by atoms with van der Waals surface area (Å²) >= 11 is 0. The summed E-state index contributed by atoms with van der Waals surface area (Å²) < 4.78 is 11.0. The van der Waals surface area contributed by atoms with Crippen LogP contribution in [0.25, 0.3) is 32.8 Å². The minimum Gasteiger partial charge on any atom is -0.198 e. The summed E-state index contributed by atoms with van der Waals surface area (Å²) in [5, 5.41) is 4.81. The number of fused-ring (bicyclic) bond motifs is 2. The van der Waals surface area contributed by atoms with Gasteiger partial charge in [-0.1, -0.05) is 55.3 Å². The van der Waals surface area contributed by atoms with Gasteiger partial charge in [0, 0.05) is 13.0 Å². The van der Waals surface area contributed by atoms with E-state index in [0.29, 0.717) is 12.0 Å². The Labute approximate surface area is 169 Å². The van der Waals surface area contributed by atoms with Crippen LogP contribution in [0.4, 0.5) is 0 Å². The van der Waals surface area contributed by atoms with Crippen LogP contribution < -0.4 is 4.57 Å². The van der Waals surface area contributed by atoms with E-state index < -0.39 is 0 Å². The molecule has 1 aliphatic rings. The first kappa shape index (κ1) is 16.3. The van der Waals surface area contributed by atoms with Crippen LogP contribution in [0.2, 0.25) is 0 Å². The molecule has 0 N–H and O–H groups in total. The summed E-state index contributed by atoms with van der Waals surface area (Å²) in [6, 6.07) is 20.7. The zero-order valence-corrected chi connectivity index (χ0v) is 17.0. The van der Waals surface area contributed by atoms with Crippen molar-refractivity contribution in [2.24, 2.45) is 7.05 Å². The first-order chi connectivity index (χ1) is 14.0. The average Bonchev–Trinajstić information content (AvgIpc) is 3.27. The number of aryl methyl sites for hydroxylation is 1. The maximum Gasteiger partial charge on any atom is 0.220 e. The lowest BCUT2D eigenvalue weighted by molar-refractivity contribution is -0.665. The van der Waals surface area contributed by atoms with Gasteiger partial charge in [-0.05, 0) is 65.1 Å². The van der Waals surface area contributed by atoms with Gasteiger partial charge in [0.25, 0.3) is 0 Å². The molecule has 0 unspecified atom stereocenters. The predicted octanol–water partition coefficient (Wildman–Crippen LogP) is 6.76. The van der Waals surface area contributed by atoms with Crippen molar-refractivity contribution in [3.05, 3.63) is 77.5 Å². The summed E-state index contributed by atoms with van der Waals surface area (Å²) in [5.41, 5.74) is 6.18. The molecule has 1 aromatic heterocycles. The van der Waals surface area contributed by atoms with E-state index in [2.05, 4.69) is 80.1 Å². The second kappa shape index (κ2) is 6.74. The molecule has 0 bridgehead atoms. The van der Waals surface area contributed by atoms with Crippen LogP contribution in [0.15, 0.2) is 60.6 Å². The van der Waals surface area contributed by atoms with Crippen molar-refractivity contribution in [3.8, 4) is 11.3 Å². The summed E-state index contributed by atoms with van der Waals surface area (Å²) in [6.45, 7) is 4.27. The van der Waals surface area contributed by atoms with Crippen LogP contribution in [-0.2, 0) is 7.05 Å². The first-order valence-electron chi connectivity index (χ1n) is 11.0. The number of hydrogen-bond acceptors (Lipinski definition) is 0. The molecule has 28 heavy (non-hydrogen) atoms. The van der Waals surface area contributed by atoms with Gasteiger partial charge in [0.05, 0.1) is 12.3 Å². The Morgan fingerprint density at radius 3 is 2.36 bits per heavy atom. The lowest BCUT2D eigenvalue weighted by atomic mass is 9.92. The van der Waals surface area contributed by atoms with Gasteiger partial charge in [0.1, 0.15) is 7.05 Å². The SMILES string of the molecule is [2H]c1c(C)[n+](C)c(-c2cc3ccccc3cc2C)c2ccc(C3CCCC3)cc12. The van der Waals surface area contributed by atoms with Crippen molar-refractivity contribution in [3.63, 3.8) is 0 Å². The van der Waals surface area contributed by atoms with Crippen molar-refractivity contribution in [2.45, 2.75) is 45.4 Å². The Bertz CT molecular complexity index is 1250. The third kappa shape index (κ3) is 2.81. The molecule has 0 aliphatic heterocycles. The van der Waals surface area contributed by atoms with Crippen LogP contribution in [0.3, 0.4) is 0 Å². The average molecular weight is 368 g/mol.